The van der Waals surface area contributed by atoms with Crippen LogP contribution in [0.1, 0.15) is 11.1 Å². The number of hydrogen-bond donors (Lipinski definition) is 0. The van der Waals surface area contributed by atoms with E-state index in [4.69, 9.17) is 0 Å². The number of rotatable bonds is 1. The van der Waals surface area contributed by atoms with E-state index in [-0.39, 0.29) is 0 Å². The van der Waals surface area contributed by atoms with E-state index in [2.05, 4.69) is 35.6 Å². The summed E-state index contributed by atoms with van der Waals surface area (Å²) in [5.41, 5.74) is 2.36. The summed E-state index contributed by atoms with van der Waals surface area (Å²) in [6.45, 7) is 7.74. The van der Waals surface area contributed by atoms with Crippen LogP contribution in [0.15, 0.2) is 12.1 Å². The van der Waals surface area contributed by atoms with Crippen molar-refractivity contribution in [2.24, 2.45) is 0 Å². The largest absolute Gasteiger partial charge is 0.319 e. The van der Waals surface area contributed by atoms with Crippen LogP contribution in [0.5, 0.6) is 0 Å². The lowest BCUT2D eigenvalue weighted by molar-refractivity contribution is 0.588. The number of aryl methyl sites for hydroxylation is 2. The van der Waals surface area contributed by atoms with E-state index < -0.39 is 7.14 Å². The zero-order valence-corrected chi connectivity index (χ0v) is 11.4. The van der Waals surface area contributed by atoms with Crippen LogP contribution in [0.3, 0.4) is 0 Å². The summed E-state index contributed by atoms with van der Waals surface area (Å²) in [6.07, 6.45) is 0. The Morgan fingerprint density at radius 2 is 1.62 bits per heavy atom. The molecule has 0 amide bonds. The Hall–Kier alpha value is 0.180. The van der Waals surface area contributed by atoms with Gasteiger partial charge in [0.05, 0.1) is 0 Å². The van der Waals surface area contributed by atoms with E-state index in [0.29, 0.717) is 0 Å². The molecule has 0 aromatic heterocycles. The van der Waals surface area contributed by atoms with Crippen molar-refractivity contribution < 1.29 is 4.57 Å². The van der Waals surface area contributed by atoms with Gasteiger partial charge in [0.15, 0.2) is 0 Å². The summed E-state index contributed by atoms with van der Waals surface area (Å²) in [4.78, 5) is 0. The van der Waals surface area contributed by atoms with Crippen molar-refractivity contribution in [3.63, 3.8) is 0 Å². The van der Waals surface area contributed by atoms with Crippen LogP contribution in [0.4, 0.5) is 0 Å². The summed E-state index contributed by atoms with van der Waals surface area (Å²) >= 11 is 2.28. The van der Waals surface area contributed by atoms with Crippen LogP contribution in [0.25, 0.3) is 0 Å². The Labute approximate surface area is 93.4 Å². The van der Waals surface area contributed by atoms with Crippen LogP contribution >= 0.6 is 29.7 Å². The number of halogens is 1. The van der Waals surface area contributed by atoms with Crippen molar-refractivity contribution in [2.45, 2.75) is 13.8 Å². The van der Waals surface area contributed by atoms with E-state index in [1.54, 1.807) is 0 Å². The van der Waals surface area contributed by atoms with Gasteiger partial charge in [-0.05, 0) is 60.9 Å². The standard InChI is InChI=1S/C10H14IOP/c1-7-5-6-8(2)10(9(7)11)13(3,4)12/h5-6H,1-4H3. The molecule has 0 saturated heterocycles. The van der Waals surface area contributed by atoms with Crippen molar-refractivity contribution in [3.8, 4) is 0 Å². The minimum absolute atomic E-state index is 1.05. The minimum atomic E-state index is -2.13. The summed E-state index contributed by atoms with van der Waals surface area (Å²) in [7, 11) is -2.13. The molecule has 13 heavy (non-hydrogen) atoms. The van der Waals surface area contributed by atoms with Gasteiger partial charge in [-0.15, -0.1) is 0 Å². The summed E-state index contributed by atoms with van der Waals surface area (Å²) in [6, 6.07) is 4.13. The fraction of sp³-hybridized carbons (Fsp3) is 0.400. The SMILES string of the molecule is Cc1ccc(C)c(P(C)(C)=O)c1I. The molecule has 1 aromatic rings. The molecule has 0 bridgehead atoms. The van der Waals surface area contributed by atoms with Gasteiger partial charge < -0.3 is 4.57 Å². The van der Waals surface area contributed by atoms with Crippen molar-refractivity contribution in [3.05, 3.63) is 26.8 Å². The quantitative estimate of drug-likeness (QED) is 0.575. The van der Waals surface area contributed by atoms with E-state index in [1.165, 1.54) is 5.56 Å². The van der Waals surface area contributed by atoms with Gasteiger partial charge in [0, 0.05) is 8.87 Å². The molecule has 72 valence electrons. The third-order valence-electron chi connectivity index (χ3n) is 2.05. The average molecular weight is 308 g/mol. The smallest absolute Gasteiger partial charge is 0.111 e. The summed E-state index contributed by atoms with van der Waals surface area (Å²) in [5, 5.41) is 1.05. The van der Waals surface area contributed by atoms with Gasteiger partial charge in [-0.1, -0.05) is 12.1 Å². The molecule has 1 nitrogen and oxygen atoms in total. The lowest BCUT2D eigenvalue weighted by atomic mass is 10.2. The van der Waals surface area contributed by atoms with Crippen LogP contribution in [0, 0.1) is 17.4 Å². The van der Waals surface area contributed by atoms with Crippen molar-refractivity contribution in [1.82, 2.24) is 0 Å². The topological polar surface area (TPSA) is 17.1 Å². The molecule has 0 saturated carbocycles. The number of benzene rings is 1. The molecule has 1 rings (SSSR count). The molecule has 0 aliphatic carbocycles. The molecule has 0 radical (unpaired) electrons. The zero-order valence-electron chi connectivity index (χ0n) is 8.39. The van der Waals surface area contributed by atoms with Crippen LogP contribution in [0.2, 0.25) is 0 Å². The summed E-state index contributed by atoms with van der Waals surface area (Å²) in [5.74, 6) is 0. The summed E-state index contributed by atoms with van der Waals surface area (Å²) < 4.78 is 13.2. The Morgan fingerprint density at radius 1 is 1.15 bits per heavy atom. The highest BCUT2D eigenvalue weighted by Crippen LogP contribution is 2.38. The van der Waals surface area contributed by atoms with Crippen LogP contribution < -0.4 is 5.30 Å². The lowest BCUT2D eigenvalue weighted by Crippen LogP contribution is -2.13. The first-order chi connectivity index (χ1) is 5.84. The Bertz CT molecular complexity index is 379. The fourth-order valence-electron chi connectivity index (χ4n) is 1.42. The molecule has 0 spiro atoms. The van der Waals surface area contributed by atoms with E-state index in [0.717, 1.165) is 14.4 Å². The van der Waals surface area contributed by atoms with E-state index in [1.807, 2.05) is 26.3 Å². The van der Waals surface area contributed by atoms with Gasteiger partial charge in [0.2, 0.25) is 0 Å². The molecule has 0 atom stereocenters. The first-order valence-electron chi connectivity index (χ1n) is 4.15. The molecule has 0 fully saturated rings. The third kappa shape index (κ3) is 2.35. The van der Waals surface area contributed by atoms with Gasteiger partial charge in [0.1, 0.15) is 7.14 Å². The highest BCUT2D eigenvalue weighted by atomic mass is 127. The second-order valence-corrected chi connectivity index (χ2v) is 7.94. The second kappa shape index (κ2) is 3.74. The van der Waals surface area contributed by atoms with Crippen LogP contribution in [-0.2, 0) is 4.57 Å². The molecule has 1 aromatic carbocycles. The highest BCUT2D eigenvalue weighted by molar-refractivity contribution is 14.1. The van der Waals surface area contributed by atoms with Gasteiger partial charge in [-0.25, -0.2) is 0 Å². The van der Waals surface area contributed by atoms with Crippen LogP contribution in [-0.4, -0.2) is 13.3 Å². The number of hydrogen-bond acceptors (Lipinski definition) is 1. The maximum atomic E-state index is 12.0. The zero-order chi connectivity index (χ0) is 10.2. The van der Waals surface area contributed by atoms with Crippen molar-refractivity contribution in [1.29, 1.82) is 0 Å². The highest BCUT2D eigenvalue weighted by Gasteiger charge is 2.18. The van der Waals surface area contributed by atoms with Gasteiger partial charge in [0.25, 0.3) is 0 Å². The molecule has 0 aliphatic rings. The monoisotopic (exact) mass is 308 g/mol. The normalized spacial score (nSPS) is 11.8. The Morgan fingerprint density at radius 3 is 2.00 bits per heavy atom. The Kier molecular flexibility index (Phi) is 3.24. The Balaban J connectivity index is 3.52. The van der Waals surface area contributed by atoms with E-state index >= 15 is 0 Å². The maximum absolute atomic E-state index is 12.0. The van der Waals surface area contributed by atoms with Gasteiger partial charge >= 0.3 is 0 Å². The van der Waals surface area contributed by atoms with Gasteiger partial charge in [-0.2, -0.15) is 0 Å². The molecule has 0 heterocycles. The van der Waals surface area contributed by atoms with Crippen molar-refractivity contribution in [2.75, 3.05) is 13.3 Å². The molecular formula is C10H14IOP. The lowest BCUT2D eigenvalue weighted by Gasteiger charge is -2.14. The average Bonchev–Trinajstić information content (AvgIpc) is 1.95. The maximum Gasteiger partial charge on any atom is 0.111 e. The molecule has 3 heteroatoms. The predicted octanol–water partition coefficient (Wildman–Crippen LogP) is 3.16. The first kappa shape index (κ1) is 11.3. The molecule has 0 unspecified atom stereocenters. The second-order valence-electron chi connectivity index (χ2n) is 3.71. The minimum Gasteiger partial charge on any atom is -0.319 e. The first-order valence-corrected chi connectivity index (χ1v) is 7.83. The molecular weight excluding hydrogens is 294 g/mol. The fourth-order valence-corrected chi connectivity index (χ4v) is 5.34. The molecule has 0 N–H and O–H groups in total. The van der Waals surface area contributed by atoms with Gasteiger partial charge in [-0.3, -0.25) is 0 Å². The van der Waals surface area contributed by atoms with E-state index in [9.17, 15) is 4.57 Å². The van der Waals surface area contributed by atoms with Crippen molar-refractivity contribution >= 4 is 35.0 Å². The predicted molar refractivity (Wildman–Crippen MR) is 67.7 cm³/mol. The third-order valence-corrected chi connectivity index (χ3v) is 5.52. The molecule has 0 aliphatic heterocycles.